The maximum absolute atomic E-state index is 13.0. The normalized spacial score (nSPS) is 15.2. The fraction of sp³-hybridized carbons (Fsp3) is 0.0667. The molecule has 2 heterocycles. The van der Waals surface area contributed by atoms with E-state index in [2.05, 4.69) is 15.2 Å². The summed E-state index contributed by atoms with van der Waals surface area (Å²) in [5.74, 6) is -0.851. The van der Waals surface area contributed by atoms with Crippen molar-refractivity contribution in [2.24, 2.45) is 17.3 Å². The first-order chi connectivity index (χ1) is 11.0. The Hall–Kier alpha value is -3.29. The monoisotopic (exact) mass is 314 g/mol. The van der Waals surface area contributed by atoms with Gasteiger partial charge in [-0.05, 0) is 30.3 Å². The topological polar surface area (TPSA) is 99.8 Å². The highest BCUT2D eigenvalue weighted by molar-refractivity contribution is 6.28. The van der Waals surface area contributed by atoms with E-state index in [9.17, 15) is 19.1 Å². The van der Waals surface area contributed by atoms with E-state index in [1.54, 1.807) is 0 Å². The number of aromatic nitrogens is 2. The minimum Gasteiger partial charge on any atom is -0.494 e. The minimum atomic E-state index is -0.725. The average molecular weight is 314 g/mol. The number of aromatic hydroxyl groups is 1. The number of halogens is 1. The van der Waals surface area contributed by atoms with E-state index >= 15 is 0 Å². The molecule has 2 N–H and O–H groups in total. The molecule has 1 aliphatic rings. The van der Waals surface area contributed by atoms with Crippen molar-refractivity contribution in [3.05, 3.63) is 67.6 Å². The summed E-state index contributed by atoms with van der Waals surface area (Å²) in [4.78, 5) is 25.4. The molecular weight excluding hydrogens is 303 g/mol. The Bertz CT molecular complexity index is 981. The largest absolute Gasteiger partial charge is 0.494 e. The van der Waals surface area contributed by atoms with Gasteiger partial charge in [-0.2, -0.15) is 5.10 Å². The van der Waals surface area contributed by atoms with Crippen LogP contribution in [0.5, 0.6) is 5.88 Å². The summed E-state index contributed by atoms with van der Waals surface area (Å²) in [5.41, 5.74) is -0.0473. The van der Waals surface area contributed by atoms with Crippen molar-refractivity contribution in [2.45, 2.75) is 0 Å². The summed E-state index contributed by atoms with van der Waals surface area (Å²) in [7, 11) is 1.33. The number of allylic oxidation sites excluding steroid dienone is 1. The van der Waals surface area contributed by atoms with Crippen molar-refractivity contribution >= 4 is 18.0 Å². The van der Waals surface area contributed by atoms with Gasteiger partial charge in [0, 0.05) is 18.2 Å². The summed E-state index contributed by atoms with van der Waals surface area (Å²) in [6.07, 6.45) is 2.77. The van der Waals surface area contributed by atoms with Crippen molar-refractivity contribution in [3.8, 4) is 5.88 Å². The van der Waals surface area contributed by atoms with Gasteiger partial charge in [-0.3, -0.25) is 14.3 Å². The van der Waals surface area contributed by atoms with Crippen molar-refractivity contribution in [1.29, 1.82) is 0 Å². The van der Waals surface area contributed by atoms with Crippen LogP contribution in [0, 0.1) is 5.82 Å². The SMILES string of the molecule is Cn1c(O)c(C=C2C=NN=C2c2ccc(F)cc2)c(=O)[nH]c1=O. The fourth-order valence-electron chi connectivity index (χ4n) is 2.12. The van der Waals surface area contributed by atoms with E-state index in [1.807, 2.05) is 0 Å². The molecule has 0 aliphatic carbocycles. The summed E-state index contributed by atoms with van der Waals surface area (Å²) in [6.45, 7) is 0. The van der Waals surface area contributed by atoms with Crippen LogP contribution in [0.3, 0.4) is 0 Å². The molecule has 0 radical (unpaired) electrons. The van der Waals surface area contributed by atoms with Gasteiger partial charge in [0.2, 0.25) is 5.88 Å². The molecule has 0 unspecified atom stereocenters. The van der Waals surface area contributed by atoms with Crippen LogP contribution in [0.4, 0.5) is 4.39 Å². The van der Waals surface area contributed by atoms with Crippen molar-refractivity contribution in [1.82, 2.24) is 9.55 Å². The van der Waals surface area contributed by atoms with Crippen LogP contribution in [-0.2, 0) is 7.05 Å². The first kappa shape index (κ1) is 14.6. The Kier molecular flexibility index (Phi) is 3.49. The Balaban J connectivity index is 2.10. The standard InChI is InChI=1S/C15H11FN4O3/c1-20-14(22)11(13(21)18-15(20)23)6-9-7-17-19-12(9)8-2-4-10(16)5-3-8/h2-7,22H,1H3,(H,18,21,23). The molecule has 0 saturated carbocycles. The lowest BCUT2D eigenvalue weighted by Crippen LogP contribution is -2.29. The lowest BCUT2D eigenvalue weighted by molar-refractivity contribution is 0.416. The van der Waals surface area contributed by atoms with Gasteiger partial charge in [0.1, 0.15) is 17.1 Å². The van der Waals surface area contributed by atoms with Crippen molar-refractivity contribution in [2.75, 3.05) is 0 Å². The van der Waals surface area contributed by atoms with E-state index in [-0.39, 0.29) is 11.4 Å². The van der Waals surface area contributed by atoms with Crippen LogP contribution in [-0.4, -0.2) is 26.6 Å². The van der Waals surface area contributed by atoms with Crippen LogP contribution in [0.2, 0.25) is 0 Å². The highest BCUT2D eigenvalue weighted by atomic mass is 19.1. The molecule has 7 nitrogen and oxygen atoms in total. The fourth-order valence-corrected chi connectivity index (χ4v) is 2.12. The lowest BCUT2D eigenvalue weighted by Gasteiger charge is -2.05. The van der Waals surface area contributed by atoms with Crippen LogP contribution in [0.25, 0.3) is 6.08 Å². The molecule has 0 spiro atoms. The Morgan fingerprint density at radius 2 is 1.96 bits per heavy atom. The molecule has 0 atom stereocenters. The third kappa shape index (κ3) is 2.61. The zero-order chi connectivity index (χ0) is 16.6. The molecule has 3 rings (SSSR count). The number of benzene rings is 1. The predicted molar refractivity (Wildman–Crippen MR) is 83.4 cm³/mol. The lowest BCUT2D eigenvalue weighted by atomic mass is 10.0. The van der Waals surface area contributed by atoms with E-state index in [4.69, 9.17) is 0 Å². The Morgan fingerprint density at radius 1 is 1.26 bits per heavy atom. The zero-order valence-corrected chi connectivity index (χ0v) is 11.9. The molecular formula is C15H11FN4O3. The molecule has 1 aromatic heterocycles. The first-order valence-electron chi connectivity index (χ1n) is 6.58. The summed E-state index contributed by atoms with van der Waals surface area (Å²) in [6, 6.07) is 5.62. The molecule has 0 fully saturated rings. The van der Waals surface area contributed by atoms with Crippen molar-refractivity contribution in [3.63, 3.8) is 0 Å². The second kappa shape index (κ2) is 5.48. The van der Waals surface area contributed by atoms with E-state index in [1.165, 1.54) is 43.6 Å². The Labute approximate surface area is 128 Å². The van der Waals surface area contributed by atoms with Crippen LogP contribution in [0.15, 0.2) is 49.6 Å². The maximum atomic E-state index is 13.0. The van der Waals surface area contributed by atoms with Gasteiger partial charge in [0.15, 0.2) is 0 Å². The van der Waals surface area contributed by atoms with E-state index in [0.29, 0.717) is 16.8 Å². The predicted octanol–water partition coefficient (Wildman–Crippen LogP) is 0.790. The molecule has 8 heteroatoms. The summed E-state index contributed by atoms with van der Waals surface area (Å²) in [5, 5.41) is 17.7. The number of aromatic amines is 1. The molecule has 23 heavy (non-hydrogen) atoms. The average Bonchev–Trinajstić information content (AvgIpc) is 2.98. The third-order valence-electron chi connectivity index (χ3n) is 3.37. The molecule has 1 aromatic carbocycles. The van der Waals surface area contributed by atoms with E-state index < -0.39 is 17.1 Å². The summed E-state index contributed by atoms with van der Waals surface area (Å²) >= 11 is 0. The first-order valence-corrected chi connectivity index (χ1v) is 6.58. The smallest absolute Gasteiger partial charge is 0.330 e. The zero-order valence-electron chi connectivity index (χ0n) is 11.9. The number of nitrogens with one attached hydrogen (secondary N) is 1. The maximum Gasteiger partial charge on any atom is 0.330 e. The second-order valence-electron chi connectivity index (χ2n) is 4.86. The minimum absolute atomic E-state index is 0.0924. The number of H-pyrrole nitrogens is 1. The molecule has 116 valence electrons. The third-order valence-corrected chi connectivity index (χ3v) is 3.37. The number of hydrogen-bond acceptors (Lipinski definition) is 5. The molecule has 1 aliphatic heterocycles. The molecule has 0 amide bonds. The van der Waals surface area contributed by atoms with Crippen LogP contribution >= 0.6 is 0 Å². The molecule has 0 bridgehead atoms. The van der Waals surface area contributed by atoms with Gasteiger partial charge in [0.25, 0.3) is 5.56 Å². The van der Waals surface area contributed by atoms with E-state index in [0.717, 1.165) is 4.57 Å². The van der Waals surface area contributed by atoms with Gasteiger partial charge in [-0.1, -0.05) is 0 Å². The quantitative estimate of drug-likeness (QED) is 0.857. The number of hydrogen-bond donors (Lipinski definition) is 2. The second-order valence-corrected chi connectivity index (χ2v) is 4.86. The highest BCUT2D eigenvalue weighted by Gasteiger charge is 2.16. The number of nitrogens with zero attached hydrogens (tertiary/aromatic N) is 3. The Morgan fingerprint density at radius 3 is 2.65 bits per heavy atom. The summed E-state index contributed by atoms with van der Waals surface area (Å²) < 4.78 is 13.9. The molecule has 0 saturated heterocycles. The van der Waals surface area contributed by atoms with Gasteiger partial charge < -0.3 is 5.11 Å². The highest BCUT2D eigenvalue weighted by Crippen LogP contribution is 2.19. The van der Waals surface area contributed by atoms with Crippen LogP contribution < -0.4 is 11.2 Å². The van der Waals surface area contributed by atoms with Crippen molar-refractivity contribution < 1.29 is 9.50 Å². The number of rotatable bonds is 2. The molecule has 2 aromatic rings. The van der Waals surface area contributed by atoms with Gasteiger partial charge in [-0.25, -0.2) is 9.18 Å². The van der Waals surface area contributed by atoms with Gasteiger partial charge in [-0.15, -0.1) is 5.10 Å². The van der Waals surface area contributed by atoms with Gasteiger partial charge >= 0.3 is 5.69 Å². The van der Waals surface area contributed by atoms with Gasteiger partial charge in [0.05, 0.1) is 6.21 Å². The van der Waals surface area contributed by atoms with Crippen LogP contribution in [0.1, 0.15) is 11.1 Å².